The molecule has 0 heterocycles. The Morgan fingerprint density at radius 1 is 0.480 bits per heavy atom. The molecule has 2 unspecified atom stereocenters. The van der Waals surface area contributed by atoms with Crippen molar-refractivity contribution in [2.75, 3.05) is 13.1 Å². The maximum Gasteiger partial charge on any atom is 0.326 e. The molecule has 0 bridgehead atoms. The summed E-state index contributed by atoms with van der Waals surface area (Å²) < 4.78 is 0. The smallest absolute Gasteiger partial charge is 0.326 e. The second-order valence-corrected chi connectivity index (χ2v) is 13.0. The first kappa shape index (κ1) is 48.5. The molecule has 0 radical (unpaired) electrons. The zero-order valence-corrected chi connectivity index (χ0v) is 31.3. The third-order valence-corrected chi connectivity index (χ3v) is 8.17. The van der Waals surface area contributed by atoms with Crippen LogP contribution < -0.4 is 33.6 Å². The minimum atomic E-state index is -1.02. The number of aliphatic imine (C=N–C) groups is 2. The molecule has 0 fully saturated rings. The van der Waals surface area contributed by atoms with Gasteiger partial charge in [0.2, 0.25) is 11.8 Å². The quantitative estimate of drug-likeness (QED) is 0.0261. The number of amides is 2. The first-order chi connectivity index (χ1) is 23.9. The molecule has 2 atom stereocenters. The minimum Gasteiger partial charge on any atom is -0.480 e. The van der Waals surface area contributed by atoms with Crippen LogP contribution in [0.2, 0.25) is 0 Å². The Bertz CT molecular complexity index is 866. The number of hydrogen-bond acceptors (Lipinski definition) is 6. The van der Waals surface area contributed by atoms with Crippen molar-refractivity contribution in [1.82, 2.24) is 10.6 Å². The van der Waals surface area contributed by atoms with E-state index in [1.165, 1.54) is 77.0 Å². The fourth-order valence-electron chi connectivity index (χ4n) is 5.25. The number of nitrogens with two attached hydrogens (primary N) is 4. The summed E-state index contributed by atoms with van der Waals surface area (Å²) in [5, 5.41) is 23.5. The number of aliphatic carboxylic acids is 2. The molecule has 0 rings (SSSR count). The van der Waals surface area contributed by atoms with E-state index in [0.717, 1.165) is 38.5 Å². The highest BCUT2D eigenvalue weighted by Gasteiger charge is 2.20. The molecule has 0 aliphatic rings. The Balaban J connectivity index is 0. The van der Waals surface area contributed by atoms with Crippen LogP contribution in [0.15, 0.2) is 9.98 Å². The Kier molecular flexibility index (Phi) is 34.2. The second-order valence-electron chi connectivity index (χ2n) is 13.0. The Morgan fingerprint density at radius 3 is 1.02 bits per heavy atom. The van der Waals surface area contributed by atoms with Crippen molar-refractivity contribution in [2.24, 2.45) is 32.9 Å². The van der Waals surface area contributed by atoms with Gasteiger partial charge in [-0.15, -0.1) is 0 Å². The number of unbranched alkanes of at least 4 members (excludes halogenated alkanes) is 16. The van der Waals surface area contributed by atoms with Crippen molar-refractivity contribution in [3.8, 4) is 0 Å². The lowest BCUT2D eigenvalue weighted by Crippen LogP contribution is -2.40. The number of carbonyl (C=O) groups excluding carboxylic acids is 2. The summed E-state index contributed by atoms with van der Waals surface area (Å²) in [5.74, 6) is -2.47. The Labute approximate surface area is 301 Å². The maximum absolute atomic E-state index is 11.9. The molecule has 0 aromatic carbocycles. The molecule has 0 saturated carbocycles. The van der Waals surface area contributed by atoms with Crippen LogP contribution in [0.3, 0.4) is 0 Å². The van der Waals surface area contributed by atoms with Crippen LogP contribution in [0.4, 0.5) is 0 Å². The van der Waals surface area contributed by atoms with E-state index >= 15 is 0 Å². The third-order valence-electron chi connectivity index (χ3n) is 8.17. The average Bonchev–Trinajstić information content (AvgIpc) is 3.05. The van der Waals surface area contributed by atoms with Crippen molar-refractivity contribution in [2.45, 2.75) is 180 Å². The molecule has 0 saturated heterocycles. The number of nitrogens with zero attached hydrogens (tertiary/aromatic N) is 2. The summed E-state index contributed by atoms with van der Waals surface area (Å²) in [5.41, 5.74) is 20.8. The molecule has 292 valence electrons. The van der Waals surface area contributed by atoms with Gasteiger partial charge >= 0.3 is 11.9 Å². The van der Waals surface area contributed by atoms with Crippen molar-refractivity contribution < 1.29 is 29.4 Å². The molecule has 0 aromatic rings. The van der Waals surface area contributed by atoms with Gasteiger partial charge in [-0.25, -0.2) is 9.59 Å². The largest absolute Gasteiger partial charge is 0.480 e. The van der Waals surface area contributed by atoms with Gasteiger partial charge in [-0.2, -0.15) is 0 Å². The summed E-state index contributed by atoms with van der Waals surface area (Å²) in [6.07, 6.45) is 23.7. The number of nitrogens with one attached hydrogen (secondary N) is 2. The van der Waals surface area contributed by atoms with Crippen LogP contribution in [0, 0.1) is 0 Å². The summed E-state index contributed by atoms with van der Waals surface area (Å²) >= 11 is 0. The first-order valence-electron chi connectivity index (χ1n) is 19.1. The van der Waals surface area contributed by atoms with Crippen LogP contribution in [0.5, 0.6) is 0 Å². The summed E-state index contributed by atoms with van der Waals surface area (Å²) in [4.78, 5) is 53.7. The van der Waals surface area contributed by atoms with Crippen LogP contribution in [0.1, 0.15) is 168 Å². The molecule has 14 heteroatoms. The van der Waals surface area contributed by atoms with Crippen molar-refractivity contribution in [1.29, 1.82) is 0 Å². The Hall–Kier alpha value is -3.58. The van der Waals surface area contributed by atoms with Crippen molar-refractivity contribution in [3.05, 3.63) is 0 Å². The normalized spacial score (nSPS) is 11.7. The second kappa shape index (κ2) is 35.3. The van der Waals surface area contributed by atoms with Gasteiger partial charge in [0.25, 0.3) is 0 Å². The van der Waals surface area contributed by atoms with Gasteiger partial charge in [0, 0.05) is 25.9 Å². The van der Waals surface area contributed by atoms with Crippen molar-refractivity contribution in [3.63, 3.8) is 0 Å². The van der Waals surface area contributed by atoms with E-state index in [4.69, 9.17) is 33.1 Å². The van der Waals surface area contributed by atoms with Gasteiger partial charge in [0.1, 0.15) is 12.1 Å². The molecule has 2 amide bonds. The van der Waals surface area contributed by atoms with Gasteiger partial charge in [-0.3, -0.25) is 19.6 Å². The summed E-state index contributed by atoms with van der Waals surface area (Å²) in [6.45, 7) is 5.15. The minimum absolute atomic E-state index is 0.0127. The van der Waals surface area contributed by atoms with Crippen LogP contribution in [-0.4, -0.2) is 71.1 Å². The summed E-state index contributed by atoms with van der Waals surface area (Å²) in [6, 6.07) is -1.75. The summed E-state index contributed by atoms with van der Waals surface area (Å²) in [7, 11) is 0. The highest BCUT2D eigenvalue weighted by molar-refractivity contribution is 5.84. The highest BCUT2D eigenvalue weighted by Crippen LogP contribution is 2.12. The third kappa shape index (κ3) is 35.7. The number of carboxylic acid groups (broad SMARTS) is 2. The van der Waals surface area contributed by atoms with Gasteiger partial charge in [-0.05, 0) is 38.5 Å². The highest BCUT2D eigenvalue weighted by atomic mass is 16.4. The van der Waals surface area contributed by atoms with E-state index in [-0.39, 0.29) is 23.7 Å². The average molecular weight is 713 g/mol. The molecular weight excluding hydrogens is 640 g/mol. The van der Waals surface area contributed by atoms with Crippen LogP contribution in [-0.2, 0) is 19.2 Å². The van der Waals surface area contributed by atoms with Gasteiger partial charge in [0.15, 0.2) is 11.9 Å². The van der Waals surface area contributed by atoms with Gasteiger partial charge in [0.05, 0.1) is 0 Å². The van der Waals surface area contributed by atoms with E-state index in [2.05, 4.69) is 34.5 Å². The molecule has 0 spiro atoms. The fraction of sp³-hybridized carbons (Fsp3) is 0.833. The molecule has 0 aliphatic carbocycles. The number of guanidine groups is 2. The van der Waals surface area contributed by atoms with E-state index in [1.807, 2.05) is 0 Å². The van der Waals surface area contributed by atoms with E-state index in [9.17, 15) is 19.2 Å². The molecule has 12 N–H and O–H groups in total. The van der Waals surface area contributed by atoms with Gasteiger partial charge in [-0.1, -0.05) is 117 Å². The number of carbonyl (C=O) groups is 4. The van der Waals surface area contributed by atoms with Gasteiger partial charge < -0.3 is 43.8 Å². The molecule has 0 aliphatic heterocycles. The zero-order valence-electron chi connectivity index (χ0n) is 31.3. The number of rotatable bonds is 32. The first-order valence-corrected chi connectivity index (χ1v) is 19.1. The van der Waals surface area contributed by atoms with Crippen molar-refractivity contribution >= 4 is 35.7 Å². The van der Waals surface area contributed by atoms with E-state index < -0.39 is 24.0 Å². The standard InChI is InChI=1S/2C18H36N4O3/c2*1-2-3-4-5-6-7-8-9-10-13-16(23)22-15(17(24)25)12-11-14-21-18(19)20/h2*15H,2-14H2,1H3,(H,22,23)(H,24,25)(H4,19,20,21). The Morgan fingerprint density at radius 2 is 0.760 bits per heavy atom. The SMILES string of the molecule is CCCCCCCCCCCC(=O)NC(CCCN=C(N)N)C(=O)O.CCCCCCCCCCCC(=O)NC(CCCN=C(N)N)C(=O)O. The lowest BCUT2D eigenvalue weighted by atomic mass is 10.1. The predicted octanol–water partition coefficient (Wildman–Crippen LogP) is 5.06. The topological polar surface area (TPSA) is 262 Å². The maximum atomic E-state index is 11.9. The molecule has 50 heavy (non-hydrogen) atoms. The van der Waals surface area contributed by atoms with E-state index in [0.29, 0.717) is 51.6 Å². The molecular formula is C36H72N8O6. The molecule has 0 aromatic heterocycles. The number of hydrogen-bond donors (Lipinski definition) is 8. The predicted molar refractivity (Wildman–Crippen MR) is 203 cm³/mol. The number of carboxylic acids is 2. The van der Waals surface area contributed by atoms with Crippen LogP contribution >= 0.6 is 0 Å². The van der Waals surface area contributed by atoms with Crippen LogP contribution in [0.25, 0.3) is 0 Å². The lowest BCUT2D eigenvalue weighted by molar-refractivity contribution is -0.142. The fourth-order valence-corrected chi connectivity index (χ4v) is 5.25. The zero-order chi connectivity index (χ0) is 37.8. The monoisotopic (exact) mass is 713 g/mol. The molecule has 14 nitrogen and oxygen atoms in total. The van der Waals surface area contributed by atoms with E-state index in [1.54, 1.807) is 0 Å². The lowest BCUT2D eigenvalue weighted by Gasteiger charge is -2.14.